The van der Waals surface area contributed by atoms with E-state index in [1.165, 1.54) is 0 Å². The molecule has 24 heavy (non-hydrogen) atoms. The Morgan fingerprint density at radius 1 is 1.08 bits per heavy atom. The van der Waals surface area contributed by atoms with Crippen LogP contribution in [0.5, 0.6) is 5.75 Å². The lowest BCUT2D eigenvalue weighted by Crippen LogP contribution is -2.34. The summed E-state index contributed by atoms with van der Waals surface area (Å²) in [6.07, 6.45) is 1.01. The molecule has 0 heterocycles. The standard InChI is InChI=1S/C20H26N2O2/c1-16(2)12-13-22(14-20(21)23)18-8-10-19(11-9-18)24-15-17-6-4-3-5-7-17/h3-11,16H,12-15H2,1-2H3,(H2,21,23). The minimum atomic E-state index is -0.317. The van der Waals surface area contributed by atoms with Gasteiger partial charge in [0.15, 0.2) is 0 Å². The molecule has 0 aliphatic rings. The van der Waals surface area contributed by atoms with Crippen molar-refractivity contribution in [1.82, 2.24) is 0 Å². The van der Waals surface area contributed by atoms with E-state index in [1.54, 1.807) is 0 Å². The molecule has 2 aromatic carbocycles. The average Bonchev–Trinajstić information content (AvgIpc) is 2.58. The van der Waals surface area contributed by atoms with Gasteiger partial charge in [-0.05, 0) is 42.2 Å². The number of anilines is 1. The number of hydrogen-bond donors (Lipinski definition) is 1. The predicted molar refractivity (Wildman–Crippen MR) is 98.1 cm³/mol. The summed E-state index contributed by atoms with van der Waals surface area (Å²) in [5, 5.41) is 0. The number of carbonyl (C=O) groups excluding carboxylic acids is 1. The predicted octanol–water partition coefficient (Wildman–Crippen LogP) is 3.60. The normalized spacial score (nSPS) is 10.6. The third-order valence-corrected chi connectivity index (χ3v) is 3.77. The molecule has 0 fully saturated rings. The van der Waals surface area contributed by atoms with Crippen LogP contribution in [-0.4, -0.2) is 19.0 Å². The average molecular weight is 326 g/mol. The lowest BCUT2D eigenvalue weighted by Gasteiger charge is -2.24. The van der Waals surface area contributed by atoms with Crippen LogP contribution in [-0.2, 0) is 11.4 Å². The summed E-state index contributed by atoms with van der Waals surface area (Å²) >= 11 is 0. The molecule has 0 unspecified atom stereocenters. The number of nitrogens with two attached hydrogens (primary N) is 1. The summed E-state index contributed by atoms with van der Waals surface area (Å²) in [5.74, 6) is 1.07. The molecular formula is C20H26N2O2. The van der Waals surface area contributed by atoms with E-state index < -0.39 is 0 Å². The van der Waals surface area contributed by atoms with Crippen LogP contribution in [0, 0.1) is 5.92 Å². The van der Waals surface area contributed by atoms with Crippen LogP contribution in [0.4, 0.5) is 5.69 Å². The lowest BCUT2D eigenvalue weighted by atomic mass is 10.1. The van der Waals surface area contributed by atoms with Crippen LogP contribution in [0.3, 0.4) is 0 Å². The van der Waals surface area contributed by atoms with E-state index in [0.717, 1.165) is 30.0 Å². The number of rotatable bonds is 9. The van der Waals surface area contributed by atoms with Crippen molar-refractivity contribution in [3.63, 3.8) is 0 Å². The fourth-order valence-electron chi connectivity index (χ4n) is 2.40. The Morgan fingerprint density at radius 3 is 2.33 bits per heavy atom. The Bertz CT molecular complexity index is 624. The van der Waals surface area contributed by atoms with E-state index in [2.05, 4.69) is 13.8 Å². The minimum Gasteiger partial charge on any atom is -0.489 e. The van der Waals surface area contributed by atoms with Gasteiger partial charge in [-0.15, -0.1) is 0 Å². The zero-order chi connectivity index (χ0) is 17.4. The van der Waals surface area contributed by atoms with Gasteiger partial charge in [-0.2, -0.15) is 0 Å². The Kier molecular flexibility index (Phi) is 6.67. The topological polar surface area (TPSA) is 55.6 Å². The molecule has 0 aromatic heterocycles. The van der Waals surface area contributed by atoms with Crippen LogP contribution >= 0.6 is 0 Å². The molecule has 4 heteroatoms. The second-order valence-corrected chi connectivity index (χ2v) is 6.34. The maximum absolute atomic E-state index is 11.3. The van der Waals surface area contributed by atoms with Gasteiger partial charge in [0.2, 0.25) is 5.91 Å². The van der Waals surface area contributed by atoms with Gasteiger partial charge >= 0.3 is 0 Å². The fourth-order valence-corrected chi connectivity index (χ4v) is 2.40. The molecule has 0 aliphatic carbocycles. The second kappa shape index (κ2) is 8.96. The first-order valence-corrected chi connectivity index (χ1v) is 8.34. The molecule has 0 atom stereocenters. The largest absolute Gasteiger partial charge is 0.489 e. The SMILES string of the molecule is CC(C)CCN(CC(N)=O)c1ccc(OCc2ccccc2)cc1. The quantitative estimate of drug-likeness (QED) is 0.766. The zero-order valence-corrected chi connectivity index (χ0v) is 14.4. The van der Waals surface area contributed by atoms with Crippen molar-refractivity contribution in [2.24, 2.45) is 11.7 Å². The molecule has 128 valence electrons. The van der Waals surface area contributed by atoms with E-state index in [0.29, 0.717) is 12.5 Å². The number of primary amides is 1. The molecule has 0 aliphatic heterocycles. The van der Waals surface area contributed by atoms with Gasteiger partial charge in [0.25, 0.3) is 0 Å². The lowest BCUT2D eigenvalue weighted by molar-refractivity contribution is -0.116. The maximum Gasteiger partial charge on any atom is 0.236 e. The van der Waals surface area contributed by atoms with Crippen LogP contribution in [0.15, 0.2) is 54.6 Å². The van der Waals surface area contributed by atoms with Gasteiger partial charge in [0.05, 0.1) is 6.54 Å². The molecule has 0 bridgehead atoms. The third-order valence-electron chi connectivity index (χ3n) is 3.77. The molecule has 4 nitrogen and oxygen atoms in total. The van der Waals surface area contributed by atoms with Gasteiger partial charge in [-0.3, -0.25) is 4.79 Å². The molecule has 2 N–H and O–H groups in total. The van der Waals surface area contributed by atoms with Gasteiger partial charge in [0, 0.05) is 12.2 Å². The minimum absolute atomic E-state index is 0.233. The highest BCUT2D eigenvalue weighted by atomic mass is 16.5. The van der Waals surface area contributed by atoms with Crippen LogP contribution in [0.25, 0.3) is 0 Å². The summed E-state index contributed by atoms with van der Waals surface area (Å²) in [4.78, 5) is 13.3. The van der Waals surface area contributed by atoms with Crippen LogP contribution in [0.2, 0.25) is 0 Å². The molecule has 0 saturated heterocycles. The van der Waals surface area contributed by atoms with Crippen molar-refractivity contribution in [3.8, 4) is 5.75 Å². The Balaban J connectivity index is 1.98. The molecule has 0 spiro atoms. The van der Waals surface area contributed by atoms with Gasteiger partial charge in [-0.25, -0.2) is 0 Å². The Morgan fingerprint density at radius 2 is 1.75 bits per heavy atom. The molecule has 0 saturated carbocycles. The second-order valence-electron chi connectivity index (χ2n) is 6.34. The number of hydrogen-bond acceptors (Lipinski definition) is 3. The molecule has 2 rings (SSSR count). The summed E-state index contributed by atoms with van der Waals surface area (Å²) in [5.41, 5.74) is 7.49. The van der Waals surface area contributed by atoms with E-state index >= 15 is 0 Å². The van der Waals surface area contributed by atoms with Crippen LogP contribution in [0.1, 0.15) is 25.8 Å². The monoisotopic (exact) mass is 326 g/mol. The van der Waals surface area contributed by atoms with Crippen molar-refractivity contribution in [2.75, 3.05) is 18.0 Å². The van der Waals surface area contributed by atoms with Gasteiger partial charge in [0.1, 0.15) is 12.4 Å². The highest BCUT2D eigenvalue weighted by Crippen LogP contribution is 2.21. The molecule has 1 amide bonds. The van der Waals surface area contributed by atoms with Gasteiger partial charge in [-0.1, -0.05) is 44.2 Å². The number of benzene rings is 2. The van der Waals surface area contributed by atoms with E-state index in [9.17, 15) is 4.79 Å². The van der Waals surface area contributed by atoms with Crippen molar-refractivity contribution in [1.29, 1.82) is 0 Å². The summed E-state index contributed by atoms with van der Waals surface area (Å²) in [6, 6.07) is 17.9. The summed E-state index contributed by atoms with van der Waals surface area (Å²) < 4.78 is 5.80. The van der Waals surface area contributed by atoms with Crippen molar-refractivity contribution < 1.29 is 9.53 Å². The van der Waals surface area contributed by atoms with E-state index in [-0.39, 0.29) is 12.5 Å². The van der Waals surface area contributed by atoms with Crippen LogP contribution < -0.4 is 15.4 Å². The highest BCUT2D eigenvalue weighted by molar-refractivity contribution is 5.79. The van der Waals surface area contributed by atoms with E-state index in [4.69, 9.17) is 10.5 Å². The first kappa shape index (κ1) is 17.9. The summed E-state index contributed by atoms with van der Waals surface area (Å²) in [6.45, 7) is 5.92. The first-order valence-electron chi connectivity index (χ1n) is 8.34. The molecule has 2 aromatic rings. The third kappa shape index (κ3) is 5.95. The van der Waals surface area contributed by atoms with Gasteiger partial charge < -0.3 is 15.4 Å². The van der Waals surface area contributed by atoms with E-state index in [1.807, 2.05) is 59.5 Å². The highest BCUT2D eigenvalue weighted by Gasteiger charge is 2.10. The van der Waals surface area contributed by atoms with Crippen molar-refractivity contribution >= 4 is 11.6 Å². The van der Waals surface area contributed by atoms with Crippen molar-refractivity contribution in [2.45, 2.75) is 26.9 Å². The number of amides is 1. The Hall–Kier alpha value is -2.49. The van der Waals surface area contributed by atoms with Crippen molar-refractivity contribution in [3.05, 3.63) is 60.2 Å². The zero-order valence-electron chi connectivity index (χ0n) is 14.4. The fraction of sp³-hybridized carbons (Fsp3) is 0.350. The Labute approximate surface area is 144 Å². The maximum atomic E-state index is 11.3. The number of nitrogens with zero attached hydrogens (tertiary/aromatic N) is 1. The number of carbonyl (C=O) groups is 1. The molecule has 0 radical (unpaired) electrons. The molecular weight excluding hydrogens is 300 g/mol. The smallest absolute Gasteiger partial charge is 0.236 e. The number of ether oxygens (including phenoxy) is 1. The first-order chi connectivity index (χ1) is 11.5. The summed E-state index contributed by atoms with van der Waals surface area (Å²) in [7, 11) is 0.